The van der Waals surface area contributed by atoms with Gasteiger partial charge in [0, 0.05) is 11.5 Å². The van der Waals surface area contributed by atoms with Crippen LogP contribution in [0.3, 0.4) is 0 Å². The highest BCUT2D eigenvalue weighted by atomic mass is 79.9. The van der Waals surface area contributed by atoms with Gasteiger partial charge in [0.15, 0.2) is 0 Å². The van der Waals surface area contributed by atoms with Gasteiger partial charge in [0.05, 0.1) is 23.2 Å². The quantitative estimate of drug-likeness (QED) is 0.918. The third kappa shape index (κ3) is 2.54. The summed E-state index contributed by atoms with van der Waals surface area (Å²) in [5, 5.41) is 2.73. The lowest BCUT2D eigenvalue weighted by Crippen LogP contribution is -2.16. The van der Waals surface area contributed by atoms with E-state index >= 15 is 0 Å². The molecule has 1 aromatic heterocycles. The van der Waals surface area contributed by atoms with Crippen LogP contribution in [0, 0.1) is 5.82 Å². The number of amides is 1. The van der Waals surface area contributed by atoms with E-state index in [0.29, 0.717) is 15.9 Å². The summed E-state index contributed by atoms with van der Waals surface area (Å²) in [6, 6.07) is 2.36. The smallest absolute Gasteiger partial charge is 0.273 e. The summed E-state index contributed by atoms with van der Waals surface area (Å²) in [5.41, 5.74) is 0.701. The Bertz CT molecular complexity index is 591. The van der Waals surface area contributed by atoms with Crippen molar-refractivity contribution in [3.05, 3.63) is 45.7 Å². The summed E-state index contributed by atoms with van der Waals surface area (Å²) < 4.78 is 15.0. The molecule has 0 aliphatic rings. The molecule has 1 amide bonds. The van der Waals surface area contributed by atoms with Crippen LogP contribution in [0.15, 0.2) is 29.1 Å². The lowest BCUT2D eigenvalue weighted by Gasteiger charge is -2.09. The van der Waals surface area contributed by atoms with Crippen molar-refractivity contribution in [3.63, 3.8) is 0 Å². The van der Waals surface area contributed by atoms with Gasteiger partial charge in [-0.3, -0.25) is 4.79 Å². The summed E-state index contributed by atoms with van der Waals surface area (Å²) in [7, 11) is 1.70. The van der Waals surface area contributed by atoms with Crippen molar-refractivity contribution >= 4 is 39.1 Å². The molecule has 0 aliphatic heterocycles. The SMILES string of the molecule is Cn1cncc1C(=O)Nc1c(Cl)cc(F)cc1Br. The standard InChI is InChI=1S/C11H8BrClFN3O/c1-17-5-15-4-9(17)11(18)16-10-7(12)2-6(14)3-8(10)13/h2-5H,1H3,(H,16,18). The molecule has 1 aromatic carbocycles. The van der Waals surface area contributed by atoms with E-state index in [-0.39, 0.29) is 10.9 Å². The highest BCUT2D eigenvalue weighted by molar-refractivity contribution is 9.10. The maximum Gasteiger partial charge on any atom is 0.273 e. The average molecular weight is 333 g/mol. The molecule has 7 heteroatoms. The normalized spacial score (nSPS) is 10.4. The second kappa shape index (κ2) is 5.07. The summed E-state index contributed by atoms with van der Waals surface area (Å²) in [6.07, 6.45) is 2.94. The van der Waals surface area contributed by atoms with E-state index in [4.69, 9.17) is 11.6 Å². The first kappa shape index (κ1) is 13.0. The van der Waals surface area contributed by atoms with Crippen LogP contribution in [0.2, 0.25) is 5.02 Å². The van der Waals surface area contributed by atoms with Crippen molar-refractivity contribution < 1.29 is 9.18 Å². The van der Waals surface area contributed by atoms with Crippen LogP contribution in [-0.4, -0.2) is 15.5 Å². The molecule has 0 radical (unpaired) electrons. The van der Waals surface area contributed by atoms with Crippen molar-refractivity contribution in [3.8, 4) is 0 Å². The average Bonchev–Trinajstić information content (AvgIpc) is 2.69. The van der Waals surface area contributed by atoms with Crippen molar-refractivity contribution in [1.29, 1.82) is 0 Å². The van der Waals surface area contributed by atoms with Gasteiger partial charge in [-0.1, -0.05) is 11.6 Å². The molecular formula is C11H8BrClFN3O. The van der Waals surface area contributed by atoms with Crippen LogP contribution >= 0.6 is 27.5 Å². The molecule has 0 unspecified atom stereocenters. The van der Waals surface area contributed by atoms with Crippen LogP contribution in [0.25, 0.3) is 0 Å². The summed E-state index contributed by atoms with van der Waals surface area (Å²) >= 11 is 9.02. The number of aryl methyl sites for hydroxylation is 1. The number of benzene rings is 1. The Hall–Kier alpha value is -1.40. The Morgan fingerprint density at radius 2 is 2.28 bits per heavy atom. The van der Waals surface area contributed by atoms with Gasteiger partial charge in [0.25, 0.3) is 5.91 Å². The topological polar surface area (TPSA) is 46.9 Å². The fourth-order valence-corrected chi connectivity index (χ4v) is 2.31. The van der Waals surface area contributed by atoms with Crippen LogP contribution in [0.4, 0.5) is 10.1 Å². The lowest BCUT2D eigenvalue weighted by molar-refractivity contribution is 0.101. The number of hydrogen-bond acceptors (Lipinski definition) is 2. The molecule has 0 aliphatic carbocycles. The van der Waals surface area contributed by atoms with Gasteiger partial charge in [-0.15, -0.1) is 0 Å². The molecule has 2 aromatic rings. The largest absolute Gasteiger partial charge is 0.330 e. The van der Waals surface area contributed by atoms with Crippen molar-refractivity contribution in [1.82, 2.24) is 9.55 Å². The fraction of sp³-hybridized carbons (Fsp3) is 0.0909. The van der Waals surface area contributed by atoms with Crippen molar-refractivity contribution in [2.45, 2.75) is 0 Å². The summed E-state index contributed by atoms with van der Waals surface area (Å²) in [5.74, 6) is -0.852. The summed E-state index contributed by atoms with van der Waals surface area (Å²) in [4.78, 5) is 15.8. The minimum Gasteiger partial charge on any atom is -0.330 e. The third-order valence-electron chi connectivity index (χ3n) is 2.29. The third-order valence-corrected chi connectivity index (χ3v) is 3.22. The predicted octanol–water partition coefficient (Wildman–Crippen LogP) is 3.23. The molecule has 0 bridgehead atoms. The molecule has 94 valence electrons. The van der Waals surface area contributed by atoms with E-state index in [1.807, 2.05) is 0 Å². The number of rotatable bonds is 2. The first-order valence-corrected chi connectivity index (χ1v) is 6.08. The lowest BCUT2D eigenvalue weighted by atomic mass is 10.3. The van der Waals surface area contributed by atoms with E-state index in [1.165, 1.54) is 18.6 Å². The summed E-state index contributed by atoms with van der Waals surface area (Å²) in [6.45, 7) is 0. The van der Waals surface area contributed by atoms with Gasteiger partial charge < -0.3 is 9.88 Å². The first-order valence-electron chi connectivity index (χ1n) is 4.91. The number of anilines is 1. The zero-order valence-electron chi connectivity index (χ0n) is 9.25. The van der Waals surface area contributed by atoms with Gasteiger partial charge in [0.2, 0.25) is 0 Å². The Morgan fingerprint density at radius 3 is 2.83 bits per heavy atom. The zero-order chi connectivity index (χ0) is 13.3. The first-order chi connectivity index (χ1) is 8.49. The van der Waals surface area contributed by atoms with E-state index in [2.05, 4.69) is 26.2 Å². The molecule has 2 rings (SSSR count). The van der Waals surface area contributed by atoms with Crippen LogP contribution in [0.5, 0.6) is 0 Å². The molecule has 0 saturated heterocycles. The maximum atomic E-state index is 13.0. The Balaban J connectivity index is 2.31. The molecule has 0 fully saturated rings. The second-order valence-electron chi connectivity index (χ2n) is 3.59. The van der Waals surface area contributed by atoms with E-state index < -0.39 is 5.82 Å². The fourth-order valence-electron chi connectivity index (χ4n) is 1.42. The van der Waals surface area contributed by atoms with E-state index in [0.717, 1.165) is 6.07 Å². The predicted molar refractivity (Wildman–Crippen MR) is 70.3 cm³/mol. The van der Waals surface area contributed by atoms with Gasteiger partial charge in [-0.05, 0) is 28.1 Å². The number of halogens is 3. The Morgan fingerprint density at radius 1 is 1.56 bits per heavy atom. The van der Waals surface area contributed by atoms with Crippen molar-refractivity contribution in [2.75, 3.05) is 5.32 Å². The minimum atomic E-state index is -0.481. The number of nitrogens with one attached hydrogen (secondary N) is 1. The molecule has 0 saturated carbocycles. The van der Waals surface area contributed by atoms with Crippen LogP contribution in [-0.2, 0) is 7.05 Å². The number of carbonyl (C=O) groups excluding carboxylic acids is 1. The number of carbonyl (C=O) groups is 1. The van der Waals surface area contributed by atoms with Gasteiger partial charge in [-0.2, -0.15) is 0 Å². The van der Waals surface area contributed by atoms with Gasteiger partial charge in [-0.25, -0.2) is 9.37 Å². The number of imidazole rings is 1. The highest BCUT2D eigenvalue weighted by Crippen LogP contribution is 2.31. The van der Waals surface area contributed by atoms with E-state index in [9.17, 15) is 9.18 Å². The Kier molecular flexibility index (Phi) is 3.68. The molecule has 0 atom stereocenters. The van der Waals surface area contributed by atoms with Crippen molar-refractivity contribution in [2.24, 2.45) is 7.05 Å². The molecule has 0 spiro atoms. The van der Waals surface area contributed by atoms with Crippen LogP contribution < -0.4 is 5.32 Å². The zero-order valence-corrected chi connectivity index (χ0v) is 11.6. The van der Waals surface area contributed by atoms with Gasteiger partial charge >= 0.3 is 0 Å². The molecule has 4 nitrogen and oxygen atoms in total. The number of aromatic nitrogens is 2. The van der Waals surface area contributed by atoms with E-state index in [1.54, 1.807) is 11.6 Å². The monoisotopic (exact) mass is 331 g/mol. The maximum absolute atomic E-state index is 13.0. The van der Waals surface area contributed by atoms with Gasteiger partial charge in [0.1, 0.15) is 11.5 Å². The second-order valence-corrected chi connectivity index (χ2v) is 4.85. The number of hydrogen-bond donors (Lipinski definition) is 1. The highest BCUT2D eigenvalue weighted by Gasteiger charge is 2.14. The Labute approximate surface area is 116 Å². The molecule has 18 heavy (non-hydrogen) atoms. The molecule has 1 N–H and O–H groups in total. The van der Waals surface area contributed by atoms with Crippen LogP contribution in [0.1, 0.15) is 10.5 Å². The molecule has 1 heterocycles. The number of nitrogens with zero attached hydrogens (tertiary/aromatic N) is 2. The minimum absolute atomic E-state index is 0.123. The molecular weight excluding hydrogens is 324 g/mol.